The Morgan fingerprint density at radius 1 is 0.808 bits per heavy atom. The molecule has 0 bridgehead atoms. The van der Waals surface area contributed by atoms with Gasteiger partial charge >= 0.3 is 0 Å². The molecule has 2 aliphatic heterocycles. The summed E-state index contributed by atoms with van der Waals surface area (Å²) in [6.07, 6.45) is 6.70. The second-order valence-corrected chi connectivity index (χ2v) is 6.11. The van der Waals surface area contributed by atoms with Crippen molar-refractivity contribution in [2.45, 2.75) is 6.10 Å². The van der Waals surface area contributed by atoms with E-state index in [1.165, 1.54) is 0 Å². The predicted octanol–water partition coefficient (Wildman–Crippen LogP) is 4.34. The quantitative estimate of drug-likeness (QED) is 0.896. The fourth-order valence-corrected chi connectivity index (χ4v) is 3.23. The molecule has 1 atom stereocenters. The first-order chi connectivity index (χ1) is 12.8. The summed E-state index contributed by atoms with van der Waals surface area (Å²) in [4.78, 5) is 0. The predicted molar refractivity (Wildman–Crippen MR) is 103 cm³/mol. The van der Waals surface area contributed by atoms with Gasteiger partial charge in [0.25, 0.3) is 0 Å². The molecule has 0 aliphatic carbocycles. The zero-order chi connectivity index (χ0) is 17.8. The Balaban J connectivity index is 1.86. The minimum Gasteiger partial charge on any atom is -0.491 e. The molecule has 1 unspecified atom stereocenters. The van der Waals surface area contributed by atoms with Crippen LogP contribution in [0.2, 0.25) is 0 Å². The molecule has 2 aliphatic rings. The van der Waals surface area contributed by atoms with Crippen molar-refractivity contribution >= 4 is 11.1 Å². The molecule has 0 fully saturated rings. The van der Waals surface area contributed by atoms with Crippen molar-refractivity contribution in [3.8, 4) is 0 Å². The van der Waals surface area contributed by atoms with Gasteiger partial charge in [-0.1, -0.05) is 66.7 Å². The van der Waals surface area contributed by atoms with Crippen LogP contribution in [0.3, 0.4) is 0 Å². The van der Waals surface area contributed by atoms with E-state index in [1.54, 1.807) is 6.08 Å². The van der Waals surface area contributed by atoms with Crippen LogP contribution in [0.4, 0.5) is 0 Å². The van der Waals surface area contributed by atoms with E-state index in [2.05, 4.69) is 18.2 Å². The fraction of sp³-hybridized carbons (Fsp3) is 0.130. The van der Waals surface area contributed by atoms with E-state index < -0.39 is 6.10 Å². The average molecular weight is 344 g/mol. The zero-order valence-corrected chi connectivity index (χ0v) is 14.3. The van der Waals surface area contributed by atoms with Crippen molar-refractivity contribution in [3.05, 3.63) is 108 Å². The van der Waals surface area contributed by atoms with Crippen LogP contribution in [-0.4, -0.2) is 24.4 Å². The molecular formula is C23H20O3. The van der Waals surface area contributed by atoms with Crippen molar-refractivity contribution in [2.75, 3.05) is 13.2 Å². The first-order valence-electron chi connectivity index (χ1n) is 8.70. The first-order valence-corrected chi connectivity index (χ1v) is 8.70. The summed E-state index contributed by atoms with van der Waals surface area (Å²) in [7, 11) is 0. The number of benzene rings is 2. The summed E-state index contributed by atoms with van der Waals surface area (Å²) >= 11 is 0. The highest BCUT2D eigenvalue weighted by Crippen LogP contribution is 2.39. The standard InChI is InChI=1S/C23H20O3/c24-22(20-13-7-8-15-25-20)23-21(18-11-5-2-6-12-18)19(14-16-26-23)17-9-3-1-4-10-17/h1-14,22,24H,15-16H2. The van der Waals surface area contributed by atoms with Gasteiger partial charge in [0.1, 0.15) is 24.7 Å². The van der Waals surface area contributed by atoms with Crippen molar-refractivity contribution in [2.24, 2.45) is 0 Å². The molecule has 130 valence electrons. The van der Waals surface area contributed by atoms with Crippen molar-refractivity contribution in [1.82, 2.24) is 0 Å². The van der Waals surface area contributed by atoms with Crippen molar-refractivity contribution in [3.63, 3.8) is 0 Å². The smallest absolute Gasteiger partial charge is 0.169 e. The van der Waals surface area contributed by atoms with Crippen LogP contribution in [0.1, 0.15) is 11.1 Å². The fourth-order valence-electron chi connectivity index (χ4n) is 3.23. The average Bonchev–Trinajstić information content (AvgIpc) is 2.74. The Kier molecular flexibility index (Phi) is 4.71. The maximum Gasteiger partial charge on any atom is 0.169 e. The molecule has 26 heavy (non-hydrogen) atoms. The Labute approximate surface area is 153 Å². The molecule has 2 aromatic carbocycles. The number of allylic oxidation sites excluding steroid dienone is 4. The van der Waals surface area contributed by atoms with E-state index in [4.69, 9.17) is 9.47 Å². The van der Waals surface area contributed by atoms with Gasteiger partial charge in [-0.05, 0) is 34.9 Å². The molecule has 3 heteroatoms. The van der Waals surface area contributed by atoms with E-state index >= 15 is 0 Å². The third-order valence-electron chi connectivity index (χ3n) is 4.45. The molecule has 2 heterocycles. The maximum absolute atomic E-state index is 11.0. The van der Waals surface area contributed by atoms with Gasteiger partial charge < -0.3 is 14.6 Å². The molecule has 0 amide bonds. The van der Waals surface area contributed by atoms with Gasteiger partial charge in [0, 0.05) is 5.57 Å². The maximum atomic E-state index is 11.0. The van der Waals surface area contributed by atoms with E-state index in [0.717, 1.165) is 22.3 Å². The van der Waals surface area contributed by atoms with Crippen LogP contribution in [0.25, 0.3) is 11.1 Å². The second-order valence-electron chi connectivity index (χ2n) is 6.11. The lowest BCUT2D eigenvalue weighted by molar-refractivity contribution is 0.0831. The Bertz CT molecular complexity index is 890. The van der Waals surface area contributed by atoms with Gasteiger partial charge in [0.15, 0.2) is 6.10 Å². The Hall–Kier alpha value is -3.04. The minimum absolute atomic E-state index is 0.413. The molecule has 0 saturated heterocycles. The second kappa shape index (κ2) is 7.46. The van der Waals surface area contributed by atoms with Crippen LogP contribution >= 0.6 is 0 Å². The normalized spacial score (nSPS) is 17.7. The molecule has 4 rings (SSSR count). The largest absolute Gasteiger partial charge is 0.491 e. The lowest BCUT2D eigenvalue weighted by atomic mass is 9.88. The van der Waals surface area contributed by atoms with Gasteiger partial charge in [0.2, 0.25) is 0 Å². The lowest BCUT2D eigenvalue weighted by Gasteiger charge is -2.27. The summed E-state index contributed by atoms with van der Waals surface area (Å²) in [5.74, 6) is 1.03. The monoisotopic (exact) mass is 344 g/mol. The molecule has 0 saturated carbocycles. The van der Waals surface area contributed by atoms with Crippen LogP contribution < -0.4 is 0 Å². The summed E-state index contributed by atoms with van der Waals surface area (Å²) < 4.78 is 11.5. The van der Waals surface area contributed by atoms with Crippen LogP contribution in [0.15, 0.2) is 96.5 Å². The topological polar surface area (TPSA) is 38.7 Å². The number of ether oxygens (including phenoxy) is 2. The molecule has 0 spiro atoms. The summed E-state index contributed by atoms with van der Waals surface area (Å²) in [6, 6.07) is 20.2. The SMILES string of the molecule is OC(C1=CC=CCO1)C1=C(c2ccccc2)C(c2ccccc2)=CCO1. The van der Waals surface area contributed by atoms with Crippen LogP contribution in [0.5, 0.6) is 0 Å². The first kappa shape index (κ1) is 16.4. The van der Waals surface area contributed by atoms with E-state index in [9.17, 15) is 5.11 Å². The summed E-state index contributed by atoms with van der Waals surface area (Å²) in [5, 5.41) is 11.0. The third kappa shape index (κ3) is 3.22. The third-order valence-corrected chi connectivity index (χ3v) is 4.45. The summed E-state index contributed by atoms with van der Waals surface area (Å²) in [6.45, 7) is 0.869. The Morgan fingerprint density at radius 3 is 2.15 bits per heavy atom. The van der Waals surface area contributed by atoms with Crippen molar-refractivity contribution in [1.29, 1.82) is 0 Å². The van der Waals surface area contributed by atoms with Gasteiger partial charge in [-0.25, -0.2) is 0 Å². The van der Waals surface area contributed by atoms with Crippen LogP contribution in [-0.2, 0) is 9.47 Å². The van der Waals surface area contributed by atoms with Crippen molar-refractivity contribution < 1.29 is 14.6 Å². The van der Waals surface area contributed by atoms with Crippen LogP contribution in [0, 0.1) is 0 Å². The number of aliphatic hydroxyl groups is 1. The lowest BCUT2D eigenvalue weighted by Crippen LogP contribution is -2.23. The number of hydrogen-bond donors (Lipinski definition) is 1. The number of rotatable bonds is 4. The number of hydrogen-bond acceptors (Lipinski definition) is 3. The number of aliphatic hydroxyl groups excluding tert-OH is 1. The summed E-state index contributed by atoms with van der Waals surface area (Å²) in [5.41, 5.74) is 4.06. The molecule has 2 aromatic rings. The van der Waals surface area contributed by atoms with E-state index in [0.29, 0.717) is 24.7 Å². The Morgan fingerprint density at radius 2 is 1.50 bits per heavy atom. The molecule has 0 aromatic heterocycles. The molecular weight excluding hydrogens is 324 g/mol. The zero-order valence-electron chi connectivity index (χ0n) is 14.3. The molecule has 3 nitrogen and oxygen atoms in total. The molecule has 0 radical (unpaired) electrons. The van der Waals surface area contributed by atoms with Gasteiger partial charge in [0.05, 0.1) is 0 Å². The van der Waals surface area contributed by atoms with E-state index in [-0.39, 0.29) is 0 Å². The minimum atomic E-state index is -0.942. The van der Waals surface area contributed by atoms with E-state index in [1.807, 2.05) is 60.7 Å². The van der Waals surface area contributed by atoms with Gasteiger partial charge in [-0.2, -0.15) is 0 Å². The highest BCUT2D eigenvalue weighted by Gasteiger charge is 2.28. The molecule has 1 N–H and O–H groups in total. The van der Waals surface area contributed by atoms with Gasteiger partial charge in [-0.15, -0.1) is 0 Å². The van der Waals surface area contributed by atoms with Gasteiger partial charge in [-0.3, -0.25) is 0 Å². The highest BCUT2D eigenvalue weighted by atomic mass is 16.5. The highest BCUT2D eigenvalue weighted by molar-refractivity contribution is 6.06.